The molecule has 2 aromatic carbocycles. The first-order valence-electron chi connectivity index (χ1n) is 11.3. The van der Waals surface area contributed by atoms with E-state index in [0.29, 0.717) is 25.3 Å². The summed E-state index contributed by atoms with van der Waals surface area (Å²) in [5.41, 5.74) is 3.36. The number of hydrogen-bond acceptors (Lipinski definition) is 5. The second-order valence-electron chi connectivity index (χ2n) is 8.32. The third-order valence-electron chi connectivity index (χ3n) is 6.01. The number of likely N-dealkylation sites (tertiary alicyclic amines) is 1. The molecule has 1 aliphatic heterocycles. The van der Waals surface area contributed by atoms with Crippen LogP contribution in [0.25, 0.3) is 11.3 Å². The Balaban J connectivity index is 1.33. The summed E-state index contributed by atoms with van der Waals surface area (Å²) >= 11 is 0. The smallest absolute Gasteiger partial charge is 0.220 e. The third-order valence-corrected chi connectivity index (χ3v) is 6.01. The molecular weight excluding hydrogens is 402 g/mol. The van der Waals surface area contributed by atoms with Crippen molar-refractivity contribution in [2.75, 3.05) is 26.7 Å². The summed E-state index contributed by atoms with van der Waals surface area (Å²) < 4.78 is 11.2. The van der Waals surface area contributed by atoms with E-state index in [9.17, 15) is 4.79 Å². The van der Waals surface area contributed by atoms with Crippen LogP contribution in [0, 0.1) is 6.92 Å². The monoisotopic (exact) mass is 433 g/mol. The normalized spacial score (nSPS) is 14.9. The molecule has 32 heavy (non-hydrogen) atoms. The number of methoxy groups -OCH3 is 1. The highest BCUT2D eigenvalue weighted by atomic mass is 16.5. The lowest BCUT2D eigenvalue weighted by Gasteiger charge is -2.28. The number of hydrogen-bond donors (Lipinski definition) is 1. The molecule has 0 spiro atoms. The average Bonchev–Trinajstić information content (AvgIpc) is 3.51. The lowest BCUT2D eigenvalue weighted by molar-refractivity contribution is -0.121. The fraction of sp³-hybridized carbons (Fsp3) is 0.385. The van der Waals surface area contributed by atoms with Crippen LogP contribution in [0.15, 0.2) is 59.1 Å². The van der Waals surface area contributed by atoms with Crippen molar-refractivity contribution in [3.63, 3.8) is 0 Å². The predicted molar refractivity (Wildman–Crippen MR) is 125 cm³/mol. The van der Waals surface area contributed by atoms with Crippen molar-refractivity contribution >= 4 is 5.91 Å². The average molecular weight is 434 g/mol. The lowest BCUT2D eigenvalue weighted by Crippen LogP contribution is -2.36. The maximum Gasteiger partial charge on any atom is 0.220 e. The van der Waals surface area contributed by atoms with Gasteiger partial charge in [-0.2, -0.15) is 0 Å². The van der Waals surface area contributed by atoms with Crippen molar-refractivity contribution in [2.24, 2.45) is 0 Å². The van der Waals surface area contributed by atoms with Gasteiger partial charge in [-0.05, 0) is 50.6 Å². The number of nitrogens with one attached hydrogen (secondary N) is 1. The molecule has 1 aromatic heterocycles. The van der Waals surface area contributed by atoms with Gasteiger partial charge in [-0.15, -0.1) is 0 Å². The van der Waals surface area contributed by atoms with E-state index in [1.54, 1.807) is 13.3 Å². The van der Waals surface area contributed by atoms with E-state index in [0.717, 1.165) is 30.2 Å². The fourth-order valence-corrected chi connectivity index (χ4v) is 4.16. The largest absolute Gasteiger partial charge is 0.497 e. The number of aromatic nitrogens is 1. The van der Waals surface area contributed by atoms with Crippen LogP contribution in [-0.4, -0.2) is 42.5 Å². The minimum atomic E-state index is 0.00665. The second-order valence-corrected chi connectivity index (χ2v) is 8.32. The number of amides is 1. The summed E-state index contributed by atoms with van der Waals surface area (Å²) in [5.74, 6) is 2.16. The van der Waals surface area contributed by atoms with Gasteiger partial charge in [-0.3, -0.25) is 9.69 Å². The molecule has 0 bridgehead atoms. The van der Waals surface area contributed by atoms with Crippen molar-refractivity contribution in [1.29, 1.82) is 0 Å². The molecule has 1 atom stereocenters. The topological polar surface area (TPSA) is 67.6 Å². The zero-order chi connectivity index (χ0) is 22.3. The minimum Gasteiger partial charge on any atom is -0.497 e. The molecule has 3 aromatic rings. The van der Waals surface area contributed by atoms with Crippen molar-refractivity contribution < 1.29 is 13.9 Å². The van der Waals surface area contributed by atoms with E-state index < -0.39 is 0 Å². The Bertz CT molecular complexity index is 1020. The van der Waals surface area contributed by atoms with E-state index in [1.165, 1.54) is 24.0 Å². The van der Waals surface area contributed by atoms with Gasteiger partial charge in [0, 0.05) is 24.9 Å². The summed E-state index contributed by atoms with van der Waals surface area (Å²) in [6, 6.07) is 16.4. The van der Waals surface area contributed by atoms with Gasteiger partial charge in [-0.1, -0.05) is 42.0 Å². The Labute approximate surface area is 189 Å². The molecule has 1 unspecified atom stereocenters. The molecule has 6 heteroatoms. The van der Waals surface area contributed by atoms with Crippen LogP contribution in [-0.2, 0) is 11.2 Å². The molecule has 6 nitrogen and oxygen atoms in total. The molecule has 1 saturated heterocycles. The van der Waals surface area contributed by atoms with Crippen LogP contribution in [0.1, 0.15) is 42.3 Å². The second kappa shape index (κ2) is 10.5. The van der Waals surface area contributed by atoms with E-state index in [2.05, 4.69) is 34.3 Å². The minimum absolute atomic E-state index is 0.00665. The van der Waals surface area contributed by atoms with Crippen LogP contribution in [0.2, 0.25) is 0 Å². The Morgan fingerprint density at radius 3 is 2.72 bits per heavy atom. The number of oxazole rings is 1. The number of rotatable bonds is 9. The van der Waals surface area contributed by atoms with Crippen molar-refractivity contribution in [2.45, 2.75) is 38.6 Å². The third kappa shape index (κ3) is 5.56. The molecular formula is C26H31N3O3. The molecule has 168 valence electrons. The highest BCUT2D eigenvalue weighted by Gasteiger charge is 2.24. The number of ether oxygens (including phenoxy) is 1. The van der Waals surface area contributed by atoms with Crippen LogP contribution in [0.4, 0.5) is 0 Å². The molecule has 2 heterocycles. The summed E-state index contributed by atoms with van der Waals surface area (Å²) in [6.07, 6.45) is 4.94. The van der Waals surface area contributed by atoms with Gasteiger partial charge < -0.3 is 14.5 Å². The van der Waals surface area contributed by atoms with Gasteiger partial charge >= 0.3 is 0 Å². The summed E-state index contributed by atoms with van der Waals surface area (Å²) in [6.45, 7) is 4.73. The van der Waals surface area contributed by atoms with Crippen molar-refractivity contribution in [3.05, 3.63) is 71.7 Å². The summed E-state index contributed by atoms with van der Waals surface area (Å²) in [4.78, 5) is 19.4. The van der Waals surface area contributed by atoms with Crippen LogP contribution in [0.3, 0.4) is 0 Å². The lowest BCUT2D eigenvalue weighted by atomic mass is 10.0. The van der Waals surface area contributed by atoms with Gasteiger partial charge in [0.1, 0.15) is 5.75 Å². The van der Waals surface area contributed by atoms with Crippen molar-refractivity contribution in [1.82, 2.24) is 15.2 Å². The first-order chi connectivity index (χ1) is 15.6. The molecule has 0 radical (unpaired) electrons. The van der Waals surface area contributed by atoms with Crippen molar-refractivity contribution in [3.8, 4) is 17.1 Å². The van der Waals surface area contributed by atoms with Gasteiger partial charge in [0.25, 0.3) is 0 Å². The maximum absolute atomic E-state index is 12.6. The highest BCUT2D eigenvalue weighted by Crippen LogP contribution is 2.27. The number of aryl methyl sites for hydroxylation is 2. The molecule has 1 N–H and O–H groups in total. The SMILES string of the molecule is COc1cccc(C(CNC(=O)CCc2ncc(-c3ccc(C)cc3)o2)N2CCCC2)c1. The number of carbonyl (C=O) groups is 1. The maximum atomic E-state index is 12.6. The first-order valence-corrected chi connectivity index (χ1v) is 11.3. The number of carbonyl (C=O) groups excluding carboxylic acids is 1. The highest BCUT2D eigenvalue weighted by molar-refractivity contribution is 5.76. The van der Waals surface area contributed by atoms with Crippen LogP contribution < -0.4 is 10.1 Å². The summed E-state index contributed by atoms with van der Waals surface area (Å²) in [5, 5.41) is 3.12. The quantitative estimate of drug-likeness (QED) is 0.536. The van der Waals surface area contributed by atoms with E-state index >= 15 is 0 Å². The fourth-order valence-electron chi connectivity index (χ4n) is 4.16. The molecule has 1 aliphatic rings. The molecule has 1 fully saturated rings. The number of benzene rings is 2. The molecule has 0 aliphatic carbocycles. The molecule has 1 amide bonds. The Hall–Kier alpha value is -3.12. The Morgan fingerprint density at radius 2 is 1.97 bits per heavy atom. The van der Waals surface area contributed by atoms with Gasteiger partial charge in [0.05, 0.1) is 19.3 Å². The van der Waals surface area contributed by atoms with E-state index in [-0.39, 0.29) is 11.9 Å². The molecule has 0 saturated carbocycles. The Kier molecular flexibility index (Phi) is 7.22. The molecule has 4 rings (SSSR count). The number of nitrogens with zero attached hydrogens (tertiary/aromatic N) is 2. The predicted octanol–water partition coefficient (Wildman–Crippen LogP) is 4.54. The van der Waals surface area contributed by atoms with E-state index in [1.807, 2.05) is 36.4 Å². The van der Waals surface area contributed by atoms with Crippen LogP contribution >= 0.6 is 0 Å². The van der Waals surface area contributed by atoms with Gasteiger partial charge in [0.15, 0.2) is 11.7 Å². The zero-order valence-corrected chi connectivity index (χ0v) is 18.8. The van der Waals surface area contributed by atoms with Gasteiger partial charge in [0.2, 0.25) is 5.91 Å². The first kappa shape index (κ1) is 22.1. The van der Waals surface area contributed by atoms with E-state index in [4.69, 9.17) is 9.15 Å². The van der Waals surface area contributed by atoms with Gasteiger partial charge in [-0.25, -0.2) is 4.98 Å². The van der Waals surface area contributed by atoms with Crippen LogP contribution in [0.5, 0.6) is 5.75 Å². The summed E-state index contributed by atoms with van der Waals surface area (Å²) in [7, 11) is 1.68. The standard InChI is InChI=1S/C26H31N3O3/c1-19-8-10-20(11-9-19)24-18-28-26(32-24)13-12-25(30)27-17-23(29-14-3-4-15-29)21-6-5-7-22(16-21)31-2/h5-11,16,18,23H,3-4,12-15,17H2,1-2H3,(H,27,30). The Morgan fingerprint density at radius 1 is 1.19 bits per heavy atom. The zero-order valence-electron chi connectivity index (χ0n) is 18.8.